The molecule has 0 nitrogen and oxygen atoms in total. The van der Waals surface area contributed by atoms with Crippen LogP contribution < -0.4 is 0 Å². The van der Waals surface area contributed by atoms with E-state index in [2.05, 4.69) is 66.9 Å². The second-order valence-electron chi connectivity index (χ2n) is 4.23. The lowest BCUT2D eigenvalue weighted by Crippen LogP contribution is -2.21. The predicted molar refractivity (Wildman–Crippen MR) is 77.1 cm³/mol. The standard InChI is InChI=1S/C16H16Si/c1-16(12-13-17,14-8-4-2-5-9-14)15-10-6-3-7-11-15/h2-11H,1,17H3. The molecule has 0 saturated heterocycles. The highest BCUT2D eigenvalue weighted by atomic mass is 28.1. The first-order chi connectivity index (χ1) is 8.27. The number of hydrogen-bond acceptors (Lipinski definition) is 0. The minimum atomic E-state index is -0.190. The van der Waals surface area contributed by atoms with Crippen LogP contribution in [0.5, 0.6) is 0 Å². The Morgan fingerprint density at radius 2 is 1.24 bits per heavy atom. The molecule has 0 fully saturated rings. The molecule has 0 N–H and O–H groups in total. The number of benzene rings is 2. The van der Waals surface area contributed by atoms with Gasteiger partial charge in [0.2, 0.25) is 0 Å². The van der Waals surface area contributed by atoms with Gasteiger partial charge in [0.05, 0.1) is 15.7 Å². The van der Waals surface area contributed by atoms with Gasteiger partial charge >= 0.3 is 0 Å². The second-order valence-corrected chi connectivity index (χ2v) is 4.73. The van der Waals surface area contributed by atoms with Gasteiger partial charge in [-0.25, -0.2) is 0 Å². The lowest BCUT2D eigenvalue weighted by molar-refractivity contribution is 0.754. The minimum Gasteiger partial charge on any atom is -0.142 e. The Bertz CT molecular complexity index is 492. The SMILES string of the molecule is CC(C#C[SiH3])(c1ccccc1)c1ccccc1. The third-order valence-corrected chi connectivity index (χ3v) is 3.33. The molecule has 0 amide bonds. The van der Waals surface area contributed by atoms with E-state index >= 15 is 0 Å². The van der Waals surface area contributed by atoms with Gasteiger partial charge in [-0.3, -0.25) is 0 Å². The van der Waals surface area contributed by atoms with Crippen LogP contribution in [0.25, 0.3) is 0 Å². The van der Waals surface area contributed by atoms with Crippen LogP contribution in [0.4, 0.5) is 0 Å². The van der Waals surface area contributed by atoms with Gasteiger partial charge in [0.25, 0.3) is 0 Å². The van der Waals surface area contributed by atoms with Gasteiger partial charge in [-0.2, -0.15) is 0 Å². The first-order valence-electron chi connectivity index (χ1n) is 5.82. The van der Waals surface area contributed by atoms with E-state index in [1.165, 1.54) is 11.1 Å². The van der Waals surface area contributed by atoms with Crippen molar-refractivity contribution in [2.75, 3.05) is 0 Å². The van der Waals surface area contributed by atoms with Gasteiger partial charge < -0.3 is 0 Å². The summed E-state index contributed by atoms with van der Waals surface area (Å²) in [6.07, 6.45) is 0. The van der Waals surface area contributed by atoms with Gasteiger partial charge in [-0.05, 0) is 18.1 Å². The smallest absolute Gasteiger partial charge is 0.0906 e. The van der Waals surface area contributed by atoms with Crippen molar-refractivity contribution in [2.45, 2.75) is 12.3 Å². The summed E-state index contributed by atoms with van der Waals surface area (Å²) in [4.78, 5) is 0. The molecule has 2 rings (SSSR count). The predicted octanol–water partition coefficient (Wildman–Crippen LogP) is 2.32. The maximum atomic E-state index is 3.40. The molecule has 0 radical (unpaired) electrons. The van der Waals surface area contributed by atoms with Gasteiger partial charge in [-0.15, -0.1) is 5.54 Å². The fourth-order valence-corrected chi connectivity index (χ4v) is 2.60. The Hall–Kier alpha value is -1.78. The lowest BCUT2D eigenvalue weighted by Gasteiger charge is -2.25. The van der Waals surface area contributed by atoms with E-state index in [4.69, 9.17) is 0 Å². The van der Waals surface area contributed by atoms with Crippen molar-refractivity contribution in [1.82, 2.24) is 0 Å². The minimum absolute atomic E-state index is 0.190. The van der Waals surface area contributed by atoms with Crippen molar-refractivity contribution in [3.05, 3.63) is 71.8 Å². The van der Waals surface area contributed by atoms with Gasteiger partial charge in [0.15, 0.2) is 0 Å². The molecule has 2 aromatic rings. The molecule has 1 heteroatoms. The average molecular weight is 236 g/mol. The van der Waals surface area contributed by atoms with Crippen LogP contribution in [0, 0.1) is 11.5 Å². The Morgan fingerprint density at radius 1 is 0.824 bits per heavy atom. The van der Waals surface area contributed by atoms with E-state index in [1.807, 2.05) is 12.1 Å². The van der Waals surface area contributed by atoms with Crippen molar-refractivity contribution in [3.63, 3.8) is 0 Å². The van der Waals surface area contributed by atoms with Crippen molar-refractivity contribution in [1.29, 1.82) is 0 Å². The highest BCUT2D eigenvalue weighted by molar-refractivity contribution is 6.22. The summed E-state index contributed by atoms with van der Waals surface area (Å²) in [5.74, 6) is 3.40. The zero-order chi connectivity index (χ0) is 12.1. The summed E-state index contributed by atoms with van der Waals surface area (Å²) in [5.41, 5.74) is 5.52. The third kappa shape index (κ3) is 2.32. The van der Waals surface area contributed by atoms with E-state index in [9.17, 15) is 0 Å². The fourth-order valence-electron chi connectivity index (χ4n) is 2.10. The van der Waals surface area contributed by atoms with Gasteiger partial charge in [0.1, 0.15) is 0 Å². The number of hydrogen-bond donors (Lipinski definition) is 0. The molecule has 0 unspecified atom stereocenters. The van der Waals surface area contributed by atoms with Gasteiger partial charge in [0, 0.05) is 0 Å². The molecule has 0 bridgehead atoms. The van der Waals surface area contributed by atoms with Crippen LogP contribution in [0.15, 0.2) is 60.7 Å². The lowest BCUT2D eigenvalue weighted by atomic mass is 9.77. The van der Waals surface area contributed by atoms with Crippen LogP contribution in [-0.2, 0) is 5.41 Å². The Labute approximate surface area is 106 Å². The first kappa shape index (κ1) is 11.7. The average Bonchev–Trinajstić information content (AvgIpc) is 2.41. The van der Waals surface area contributed by atoms with Crippen LogP contribution in [0.2, 0.25) is 0 Å². The summed E-state index contributed by atoms with van der Waals surface area (Å²) in [6.45, 7) is 2.20. The molecule has 0 aliphatic rings. The highest BCUT2D eigenvalue weighted by Crippen LogP contribution is 2.30. The molecule has 0 heterocycles. The molecular formula is C16H16Si. The summed E-state index contributed by atoms with van der Waals surface area (Å²) in [5, 5.41) is 0. The Balaban J connectivity index is 2.58. The summed E-state index contributed by atoms with van der Waals surface area (Å²) >= 11 is 0. The van der Waals surface area contributed by atoms with E-state index in [0.717, 1.165) is 10.2 Å². The van der Waals surface area contributed by atoms with Crippen molar-refractivity contribution >= 4 is 10.2 Å². The molecule has 0 aromatic heterocycles. The van der Waals surface area contributed by atoms with E-state index in [1.54, 1.807) is 0 Å². The van der Waals surface area contributed by atoms with E-state index < -0.39 is 0 Å². The summed E-state index contributed by atoms with van der Waals surface area (Å²) in [7, 11) is 0.911. The maximum absolute atomic E-state index is 3.40. The molecule has 0 atom stereocenters. The zero-order valence-corrected chi connectivity index (χ0v) is 12.3. The number of rotatable bonds is 2. The zero-order valence-electron chi connectivity index (χ0n) is 10.3. The van der Waals surface area contributed by atoms with Crippen molar-refractivity contribution in [2.24, 2.45) is 0 Å². The summed E-state index contributed by atoms with van der Waals surface area (Å²) < 4.78 is 0. The fraction of sp³-hybridized carbons (Fsp3) is 0.125. The van der Waals surface area contributed by atoms with Gasteiger partial charge in [-0.1, -0.05) is 66.6 Å². The molecule has 0 aliphatic carbocycles. The molecule has 0 aliphatic heterocycles. The summed E-state index contributed by atoms with van der Waals surface area (Å²) in [6, 6.07) is 21.0. The molecular weight excluding hydrogens is 220 g/mol. The Kier molecular flexibility index (Phi) is 3.46. The first-order valence-corrected chi connectivity index (χ1v) is 6.82. The van der Waals surface area contributed by atoms with Crippen LogP contribution in [0.1, 0.15) is 18.1 Å². The van der Waals surface area contributed by atoms with E-state index in [0.29, 0.717) is 0 Å². The monoisotopic (exact) mass is 236 g/mol. The normalized spacial score (nSPS) is 10.6. The van der Waals surface area contributed by atoms with Crippen molar-refractivity contribution < 1.29 is 0 Å². The van der Waals surface area contributed by atoms with Crippen molar-refractivity contribution in [3.8, 4) is 11.5 Å². The largest absolute Gasteiger partial charge is 0.142 e. The van der Waals surface area contributed by atoms with Crippen LogP contribution in [-0.4, -0.2) is 10.2 Å². The highest BCUT2D eigenvalue weighted by Gasteiger charge is 2.25. The second kappa shape index (κ2) is 5.03. The van der Waals surface area contributed by atoms with Crippen LogP contribution >= 0.6 is 0 Å². The molecule has 84 valence electrons. The molecule has 0 saturated carbocycles. The van der Waals surface area contributed by atoms with E-state index in [-0.39, 0.29) is 5.41 Å². The topological polar surface area (TPSA) is 0 Å². The van der Waals surface area contributed by atoms with Crippen LogP contribution in [0.3, 0.4) is 0 Å². The molecule has 0 spiro atoms. The Morgan fingerprint density at radius 3 is 1.59 bits per heavy atom. The molecule has 2 aromatic carbocycles. The molecule has 17 heavy (non-hydrogen) atoms. The quantitative estimate of drug-likeness (QED) is 0.554. The third-order valence-electron chi connectivity index (χ3n) is 3.08. The maximum Gasteiger partial charge on any atom is 0.0906 e.